The minimum absolute atomic E-state index is 0.00294. The second-order valence-corrected chi connectivity index (χ2v) is 7.38. The molecule has 0 fully saturated rings. The van der Waals surface area contributed by atoms with Crippen LogP contribution in [0.5, 0.6) is 11.8 Å². The van der Waals surface area contributed by atoms with Gasteiger partial charge in [0.2, 0.25) is 11.6 Å². The zero-order valence-corrected chi connectivity index (χ0v) is 20.0. The van der Waals surface area contributed by atoms with Crippen LogP contribution in [0.25, 0.3) is 17.0 Å². The van der Waals surface area contributed by atoms with Crippen molar-refractivity contribution in [3.8, 4) is 17.8 Å². The standard InChI is InChI=1S/C27H26N4O4/c1-6-30-24(32)20(18(3)22(17-28)26(30)34)15-13-11-9-8-10-12-14-16-21-19(4)23(29-5)27(35)31(7-2)25(21)33/h8-13,15-16,32,35H,6-7H2,1-4H3/b10-8+,11-9+,15-13?. The zero-order chi connectivity index (χ0) is 26.1. The number of hydrogen-bond acceptors (Lipinski definition) is 5. The van der Waals surface area contributed by atoms with Crippen LogP contribution in [0, 0.1) is 31.8 Å². The van der Waals surface area contributed by atoms with Crippen LogP contribution in [0.3, 0.4) is 0 Å². The molecule has 8 nitrogen and oxygen atoms in total. The third-order valence-corrected chi connectivity index (χ3v) is 5.42. The highest BCUT2D eigenvalue weighted by atomic mass is 16.3. The minimum Gasteiger partial charge on any atom is -0.503 e. The quantitative estimate of drug-likeness (QED) is 0.352. The lowest BCUT2D eigenvalue weighted by Gasteiger charge is -2.12. The molecule has 2 aromatic heterocycles. The second-order valence-electron chi connectivity index (χ2n) is 7.38. The van der Waals surface area contributed by atoms with Gasteiger partial charge in [-0.05, 0) is 57.0 Å². The fourth-order valence-electron chi connectivity index (χ4n) is 3.47. The van der Waals surface area contributed by atoms with Gasteiger partial charge in [0.15, 0.2) is 5.88 Å². The van der Waals surface area contributed by atoms with E-state index in [4.69, 9.17) is 6.57 Å². The van der Waals surface area contributed by atoms with Gasteiger partial charge in [-0.25, -0.2) is 4.85 Å². The highest BCUT2D eigenvalue weighted by Gasteiger charge is 2.17. The van der Waals surface area contributed by atoms with Gasteiger partial charge in [0.1, 0.15) is 11.6 Å². The molecule has 0 saturated carbocycles. The van der Waals surface area contributed by atoms with E-state index in [0.29, 0.717) is 22.3 Å². The third-order valence-electron chi connectivity index (χ3n) is 5.42. The summed E-state index contributed by atoms with van der Waals surface area (Å²) < 4.78 is 2.29. The van der Waals surface area contributed by atoms with E-state index >= 15 is 0 Å². The fourth-order valence-corrected chi connectivity index (χ4v) is 3.47. The Morgan fingerprint density at radius 3 is 2.11 bits per heavy atom. The maximum atomic E-state index is 12.5. The summed E-state index contributed by atoms with van der Waals surface area (Å²) in [5.74, 6) is -0.514. The number of rotatable bonds is 7. The highest BCUT2D eigenvalue weighted by Crippen LogP contribution is 2.30. The summed E-state index contributed by atoms with van der Waals surface area (Å²) in [6.07, 6.45) is 13.2. The Morgan fingerprint density at radius 1 is 0.914 bits per heavy atom. The van der Waals surface area contributed by atoms with Gasteiger partial charge in [0.05, 0.1) is 6.57 Å². The first-order valence-electron chi connectivity index (χ1n) is 10.9. The number of nitrogens with zero attached hydrogens (tertiary/aromatic N) is 4. The molecule has 0 atom stereocenters. The van der Waals surface area contributed by atoms with Gasteiger partial charge < -0.3 is 10.2 Å². The lowest BCUT2D eigenvalue weighted by atomic mass is 10.0. The molecule has 0 aliphatic heterocycles. The number of nitriles is 1. The van der Waals surface area contributed by atoms with Gasteiger partial charge in [-0.3, -0.25) is 18.7 Å². The lowest BCUT2D eigenvalue weighted by Crippen LogP contribution is -2.24. The van der Waals surface area contributed by atoms with E-state index in [9.17, 15) is 25.1 Å². The molecule has 35 heavy (non-hydrogen) atoms. The molecular formula is C27H26N4O4. The number of aromatic nitrogens is 2. The van der Waals surface area contributed by atoms with Gasteiger partial charge in [-0.15, -0.1) is 5.73 Å². The number of hydrogen-bond donors (Lipinski definition) is 2. The predicted molar refractivity (Wildman–Crippen MR) is 136 cm³/mol. The lowest BCUT2D eigenvalue weighted by molar-refractivity contribution is 0.409. The van der Waals surface area contributed by atoms with Crippen molar-refractivity contribution in [3.63, 3.8) is 0 Å². The van der Waals surface area contributed by atoms with E-state index in [-0.39, 0.29) is 36.1 Å². The van der Waals surface area contributed by atoms with Gasteiger partial charge in [0.25, 0.3) is 11.1 Å². The molecule has 0 spiro atoms. The van der Waals surface area contributed by atoms with Crippen LogP contribution in [0.15, 0.2) is 51.8 Å². The summed E-state index contributed by atoms with van der Waals surface area (Å²) in [7, 11) is 0. The molecule has 0 saturated heterocycles. The molecular weight excluding hydrogens is 444 g/mol. The van der Waals surface area contributed by atoms with Crippen molar-refractivity contribution in [2.24, 2.45) is 0 Å². The Morgan fingerprint density at radius 2 is 1.51 bits per heavy atom. The number of allylic oxidation sites excluding steroid dienone is 6. The first-order valence-corrected chi connectivity index (χ1v) is 10.9. The van der Waals surface area contributed by atoms with Crippen molar-refractivity contribution in [3.05, 3.63) is 102 Å². The Kier molecular flexibility index (Phi) is 9.00. The normalized spacial score (nSPS) is 11.0. The molecule has 0 aliphatic carbocycles. The maximum absolute atomic E-state index is 12.5. The van der Waals surface area contributed by atoms with E-state index in [2.05, 4.69) is 10.6 Å². The summed E-state index contributed by atoms with van der Waals surface area (Å²) in [5, 5.41) is 29.7. The molecule has 8 heteroatoms. The van der Waals surface area contributed by atoms with Crippen LogP contribution in [0.4, 0.5) is 5.69 Å². The van der Waals surface area contributed by atoms with Crippen LogP contribution < -0.4 is 11.1 Å². The van der Waals surface area contributed by atoms with Crippen molar-refractivity contribution < 1.29 is 10.2 Å². The zero-order valence-electron chi connectivity index (χ0n) is 20.0. The van der Waals surface area contributed by atoms with Crippen LogP contribution in [0.2, 0.25) is 0 Å². The number of pyridine rings is 2. The largest absolute Gasteiger partial charge is 0.503 e. The van der Waals surface area contributed by atoms with Gasteiger partial charge in [0, 0.05) is 24.2 Å². The molecule has 0 unspecified atom stereocenters. The molecule has 0 aliphatic rings. The van der Waals surface area contributed by atoms with E-state index in [1.165, 1.54) is 6.08 Å². The smallest absolute Gasteiger partial charge is 0.271 e. The van der Waals surface area contributed by atoms with Crippen LogP contribution >= 0.6 is 0 Å². The predicted octanol–water partition coefficient (Wildman–Crippen LogP) is 4.49. The maximum Gasteiger partial charge on any atom is 0.271 e. The monoisotopic (exact) mass is 470 g/mol. The first kappa shape index (κ1) is 26.5. The first-order chi connectivity index (χ1) is 16.7. The minimum atomic E-state index is -0.512. The summed E-state index contributed by atoms with van der Waals surface area (Å²) in [5.41, 5.74) is 3.54. The molecule has 0 aromatic carbocycles. The highest BCUT2D eigenvalue weighted by molar-refractivity contribution is 5.68. The van der Waals surface area contributed by atoms with Gasteiger partial charge in [-0.2, -0.15) is 5.26 Å². The molecule has 2 rings (SSSR count). The van der Waals surface area contributed by atoms with E-state index in [0.717, 1.165) is 9.13 Å². The SMILES string of the molecule is [C-]#[N+]c1c(C)c(C=C=C/C=C/C=C/C=Cc2c(C)c(C#N)c(=O)n(CC)c2O)c(=O)n(CC)c1O. The van der Waals surface area contributed by atoms with Crippen molar-refractivity contribution in [1.82, 2.24) is 9.13 Å². The second kappa shape index (κ2) is 11.9. The van der Waals surface area contributed by atoms with E-state index in [1.54, 1.807) is 70.2 Å². The summed E-state index contributed by atoms with van der Waals surface area (Å²) in [6.45, 7) is 14.4. The van der Waals surface area contributed by atoms with Crippen molar-refractivity contribution >= 4 is 17.8 Å². The van der Waals surface area contributed by atoms with E-state index in [1.807, 2.05) is 6.07 Å². The summed E-state index contributed by atoms with van der Waals surface area (Å²) >= 11 is 0. The Balaban J connectivity index is 2.23. The third kappa shape index (κ3) is 5.42. The molecule has 0 amide bonds. The van der Waals surface area contributed by atoms with Gasteiger partial charge in [-0.1, -0.05) is 30.4 Å². The fraction of sp³-hybridized carbons (Fsp3) is 0.222. The van der Waals surface area contributed by atoms with Crippen molar-refractivity contribution in [2.75, 3.05) is 0 Å². The molecule has 2 N–H and O–H groups in total. The average molecular weight is 471 g/mol. The van der Waals surface area contributed by atoms with Crippen LogP contribution in [0.1, 0.15) is 41.7 Å². The average Bonchev–Trinajstić information content (AvgIpc) is 2.82. The summed E-state index contributed by atoms with van der Waals surface area (Å²) in [6, 6.07) is 1.90. The molecule has 0 bridgehead atoms. The molecule has 2 heterocycles. The van der Waals surface area contributed by atoms with Crippen LogP contribution in [-0.4, -0.2) is 19.3 Å². The van der Waals surface area contributed by atoms with Crippen molar-refractivity contribution in [1.29, 1.82) is 5.26 Å². The Labute approximate surface area is 203 Å². The Hall–Kier alpha value is -4.78. The topological polar surface area (TPSA) is 113 Å². The molecule has 2 aromatic rings. The number of aromatic hydroxyl groups is 2. The van der Waals surface area contributed by atoms with Crippen molar-refractivity contribution in [2.45, 2.75) is 40.8 Å². The summed E-state index contributed by atoms with van der Waals surface area (Å²) in [4.78, 5) is 28.1. The Bertz CT molecular complexity index is 1500. The molecule has 0 radical (unpaired) electrons. The van der Waals surface area contributed by atoms with E-state index < -0.39 is 11.1 Å². The van der Waals surface area contributed by atoms with Gasteiger partial charge >= 0.3 is 0 Å². The molecule has 178 valence electrons. The van der Waals surface area contributed by atoms with Crippen LogP contribution in [-0.2, 0) is 13.1 Å².